The average molecular weight is 505 g/mol. The third-order valence-corrected chi connectivity index (χ3v) is 5.78. The van der Waals surface area contributed by atoms with Crippen LogP contribution >= 0.6 is 0 Å². The van der Waals surface area contributed by atoms with Crippen LogP contribution < -0.4 is 15.4 Å². The van der Waals surface area contributed by atoms with Crippen molar-refractivity contribution in [1.29, 1.82) is 0 Å². The number of nitrogens with one attached hydrogen (secondary N) is 2. The van der Waals surface area contributed by atoms with E-state index in [1.165, 1.54) is 12.0 Å². The lowest BCUT2D eigenvalue weighted by Crippen LogP contribution is -2.67. The molecule has 4 rings (SSSR count). The molecule has 0 spiro atoms. The third-order valence-electron chi connectivity index (χ3n) is 5.78. The van der Waals surface area contributed by atoms with Crippen molar-refractivity contribution in [3.05, 3.63) is 77.5 Å². The molecule has 2 aromatic carbocycles. The minimum atomic E-state index is -0.832. The molecule has 2 N–H and O–H groups in total. The van der Waals surface area contributed by atoms with Crippen molar-refractivity contribution in [3.63, 3.8) is 0 Å². The van der Waals surface area contributed by atoms with E-state index in [4.69, 9.17) is 4.74 Å². The summed E-state index contributed by atoms with van der Waals surface area (Å²) in [6.07, 6.45) is 0.631. The molecule has 0 bridgehead atoms. The van der Waals surface area contributed by atoms with Gasteiger partial charge in [0.15, 0.2) is 6.29 Å². The molecule has 0 radical (unpaired) electrons. The second-order valence-corrected chi connectivity index (χ2v) is 8.51. The molecule has 3 aromatic rings. The summed E-state index contributed by atoms with van der Waals surface area (Å²) < 4.78 is 10.4. The smallest absolute Gasteiger partial charge is 0.331 e. The maximum Gasteiger partial charge on any atom is 0.331 e. The Morgan fingerprint density at radius 1 is 1.11 bits per heavy atom. The van der Waals surface area contributed by atoms with E-state index in [2.05, 4.69) is 25.6 Å². The summed E-state index contributed by atoms with van der Waals surface area (Å²) >= 11 is 0. The van der Waals surface area contributed by atoms with Crippen molar-refractivity contribution >= 4 is 23.7 Å². The first-order valence-corrected chi connectivity index (χ1v) is 11.7. The van der Waals surface area contributed by atoms with Gasteiger partial charge in [0, 0.05) is 24.5 Å². The van der Waals surface area contributed by atoms with E-state index in [9.17, 15) is 14.4 Å². The van der Waals surface area contributed by atoms with Crippen LogP contribution in [0.5, 0.6) is 11.6 Å². The summed E-state index contributed by atoms with van der Waals surface area (Å²) in [4.78, 5) is 40.3. The fourth-order valence-electron chi connectivity index (χ4n) is 3.76. The van der Waals surface area contributed by atoms with Crippen LogP contribution in [-0.2, 0) is 16.1 Å². The first-order valence-electron chi connectivity index (χ1n) is 11.7. The summed E-state index contributed by atoms with van der Waals surface area (Å²) in [6, 6.07) is 15.5. The molecule has 11 nitrogen and oxygen atoms in total. The third kappa shape index (κ3) is 6.31. The number of amides is 4. The Kier molecular flexibility index (Phi) is 7.82. The van der Waals surface area contributed by atoms with Crippen LogP contribution in [-0.4, -0.2) is 58.0 Å². The SMILES string of the molecule is COC(=O)CCN1C(=O)NC(Nc2ccc(Oc3cccnn3)c(C)c2)N(Cc2ccc(C)cc2)C1=O. The Balaban J connectivity index is 1.54. The lowest BCUT2D eigenvalue weighted by atomic mass is 10.1. The quantitative estimate of drug-likeness (QED) is 0.422. The Hall–Kier alpha value is -4.67. The van der Waals surface area contributed by atoms with Gasteiger partial charge < -0.3 is 14.8 Å². The minimum absolute atomic E-state index is 0.0953. The van der Waals surface area contributed by atoms with Crippen LogP contribution in [0.25, 0.3) is 0 Å². The second kappa shape index (κ2) is 11.4. The molecule has 1 fully saturated rings. The molecule has 1 unspecified atom stereocenters. The summed E-state index contributed by atoms with van der Waals surface area (Å²) in [5.74, 6) is 0.457. The van der Waals surface area contributed by atoms with Crippen LogP contribution in [0.3, 0.4) is 0 Å². The van der Waals surface area contributed by atoms with E-state index in [-0.39, 0.29) is 19.5 Å². The first-order chi connectivity index (χ1) is 17.8. The molecule has 2 heterocycles. The van der Waals surface area contributed by atoms with Gasteiger partial charge in [-0.05, 0) is 49.2 Å². The summed E-state index contributed by atoms with van der Waals surface area (Å²) in [5.41, 5.74) is 3.46. The normalized spacial score (nSPS) is 15.3. The molecule has 4 amide bonds. The molecule has 37 heavy (non-hydrogen) atoms. The van der Waals surface area contributed by atoms with Crippen molar-refractivity contribution in [2.24, 2.45) is 0 Å². The number of hydrogen-bond acceptors (Lipinski definition) is 8. The molecule has 1 saturated heterocycles. The number of rotatable bonds is 9. The number of esters is 1. The average Bonchev–Trinajstić information content (AvgIpc) is 2.89. The fraction of sp³-hybridized carbons (Fsp3) is 0.269. The molecule has 192 valence electrons. The highest BCUT2D eigenvalue weighted by atomic mass is 16.5. The van der Waals surface area contributed by atoms with Gasteiger partial charge in [-0.15, -0.1) is 5.10 Å². The van der Waals surface area contributed by atoms with E-state index in [0.29, 0.717) is 17.3 Å². The summed E-state index contributed by atoms with van der Waals surface area (Å²) in [6.45, 7) is 4.00. The zero-order chi connectivity index (χ0) is 26.4. The van der Waals surface area contributed by atoms with E-state index >= 15 is 0 Å². The standard InChI is InChI=1S/C26H28N6O5/c1-17-6-8-19(9-7-17)16-32-24(29-25(34)31(26(32)35)14-12-23(33)36-3)28-20-10-11-21(18(2)15-20)37-22-5-4-13-27-30-22/h4-11,13,15,24,28H,12,14,16H2,1-3H3,(H,29,34). The summed E-state index contributed by atoms with van der Waals surface area (Å²) in [5, 5.41) is 13.8. The number of urea groups is 2. The number of ether oxygens (including phenoxy) is 2. The predicted molar refractivity (Wildman–Crippen MR) is 135 cm³/mol. The molecule has 1 aliphatic heterocycles. The van der Waals surface area contributed by atoms with Gasteiger partial charge in [-0.1, -0.05) is 29.8 Å². The predicted octanol–water partition coefficient (Wildman–Crippen LogP) is 3.79. The fourth-order valence-corrected chi connectivity index (χ4v) is 3.76. The zero-order valence-electron chi connectivity index (χ0n) is 20.8. The lowest BCUT2D eigenvalue weighted by molar-refractivity contribution is -0.140. The van der Waals surface area contributed by atoms with Gasteiger partial charge in [0.1, 0.15) is 5.75 Å². The largest absolute Gasteiger partial charge is 0.469 e. The molecule has 1 aromatic heterocycles. The van der Waals surface area contributed by atoms with Crippen LogP contribution in [0.4, 0.5) is 15.3 Å². The van der Waals surface area contributed by atoms with E-state index in [1.54, 1.807) is 30.5 Å². The highest BCUT2D eigenvalue weighted by Gasteiger charge is 2.38. The van der Waals surface area contributed by atoms with Crippen LogP contribution in [0.1, 0.15) is 23.1 Å². The Labute approximate surface area is 214 Å². The number of nitrogens with zero attached hydrogens (tertiary/aromatic N) is 4. The van der Waals surface area contributed by atoms with Gasteiger partial charge in [0.25, 0.3) is 0 Å². The molecule has 11 heteroatoms. The second-order valence-electron chi connectivity index (χ2n) is 8.51. The van der Waals surface area contributed by atoms with Crippen LogP contribution in [0, 0.1) is 13.8 Å². The number of aryl methyl sites for hydroxylation is 2. The Morgan fingerprint density at radius 3 is 2.57 bits per heavy atom. The maximum atomic E-state index is 13.4. The summed E-state index contributed by atoms with van der Waals surface area (Å²) in [7, 11) is 1.26. The monoisotopic (exact) mass is 504 g/mol. The molecular formula is C26H28N6O5. The molecule has 0 aliphatic carbocycles. The van der Waals surface area contributed by atoms with Gasteiger partial charge >= 0.3 is 18.0 Å². The Bertz CT molecular complexity index is 1270. The number of benzene rings is 2. The van der Waals surface area contributed by atoms with Crippen LogP contribution in [0.15, 0.2) is 60.8 Å². The van der Waals surface area contributed by atoms with Crippen molar-refractivity contribution < 1.29 is 23.9 Å². The number of anilines is 1. The van der Waals surface area contributed by atoms with Crippen LogP contribution in [0.2, 0.25) is 0 Å². The highest BCUT2D eigenvalue weighted by Crippen LogP contribution is 2.27. The topological polar surface area (TPSA) is 126 Å². The van der Waals surface area contributed by atoms with Crippen molar-refractivity contribution in [2.45, 2.75) is 33.1 Å². The molecule has 1 aliphatic rings. The van der Waals surface area contributed by atoms with Gasteiger partial charge in [0.2, 0.25) is 5.88 Å². The van der Waals surface area contributed by atoms with E-state index in [0.717, 1.165) is 21.6 Å². The van der Waals surface area contributed by atoms with E-state index in [1.807, 2.05) is 44.2 Å². The molecule has 1 atom stereocenters. The lowest BCUT2D eigenvalue weighted by Gasteiger charge is -2.41. The van der Waals surface area contributed by atoms with Gasteiger partial charge in [-0.3, -0.25) is 15.0 Å². The van der Waals surface area contributed by atoms with Gasteiger partial charge in [-0.2, -0.15) is 5.10 Å². The van der Waals surface area contributed by atoms with Crippen molar-refractivity contribution in [3.8, 4) is 11.6 Å². The van der Waals surface area contributed by atoms with Crippen molar-refractivity contribution in [2.75, 3.05) is 19.0 Å². The molecular weight excluding hydrogens is 476 g/mol. The van der Waals surface area contributed by atoms with Gasteiger partial charge in [-0.25, -0.2) is 14.5 Å². The maximum absolute atomic E-state index is 13.4. The molecule has 0 saturated carbocycles. The zero-order valence-corrected chi connectivity index (χ0v) is 20.8. The minimum Gasteiger partial charge on any atom is -0.469 e. The Morgan fingerprint density at radius 2 is 1.89 bits per heavy atom. The number of imide groups is 1. The van der Waals surface area contributed by atoms with E-state index < -0.39 is 24.3 Å². The number of hydrogen-bond donors (Lipinski definition) is 2. The number of carbonyl (C=O) groups is 3. The van der Waals surface area contributed by atoms with Crippen molar-refractivity contribution in [1.82, 2.24) is 25.3 Å². The number of methoxy groups -OCH3 is 1. The van der Waals surface area contributed by atoms with Gasteiger partial charge in [0.05, 0.1) is 20.1 Å². The number of aromatic nitrogens is 2. The number of carbonyl (C=O) groups excluding carboxylic acids is 3. The first kappa shape index (κ1) is 25.4. The highest BCUT2D eigenvalue weighted by molar-refractivity contribution is 5.96.